The van der Waals surface area contributed by atoms with Gasteiger partial charge in [0.15, 0.2) is 5.65 Å². The Balaban J connectivity index is 1.91. The molecule has 11 heteroatoms. The van der Waals surface area contributed by atoms with Crippen molar-refractivity contribution in [1.82, 2.24) is 19.5 Å². The fraction of sp³-hybridized carbons (Fsp3) is 0.200. The number of aromatic nitrogens is 4. The van der Waals surface area contributed by atoms with E-state index < -0.39 is 26.7 Å². The smallest absolute Gasteiger partial charge is 0.313 e. The van der Waals surface area contributed by atoms with Crippen molar-refractivity contribution in [2.75, 3.05) is 7.11 Å². The van der Waals surface area contributed by atoms with Gasteiger partial charge < -0.3 is 9.30 Å². The van der Waals surface area contributed by atoms with Gasteiger partial charge in [-0.1, -0.05) is 6.07 Å². The van der Waals surface area contributed by atoms with Gasteiger partial charge in [-0.3, -0.25) is 4.79 Å². The number of hydrogen-bond acceptors (Lipinski definition) is 7. The van der Waals surface area contributed by atoms with Crippen molar-refractivity contribution in [2.24, 2.45) is 5.14 Å². The number of esters is 1. The first-order valence-corrected chi connectivity index (χ1v) is 10.7. The summed E-state index contributed by atoms with van der Waals surface area (Å²) in [7, 11) is -2.90. The number of rotatable bonds is 5. The topological polar surface area (TPSA) is 130 Å². The summed E-state index contributed by atoms with van der Waals surface area (Å²) in [5, 5.41) is 5.75. The molecular formula is C20H18FN5O4S. The highest BCUT2D eigenvalue weighted by Crippen LogP contribution is 2.26. The number of hydrogen-bond donors (Lipinski definition) is 1. The lowest BCUT2D eigenvalue weighted by Crippen LogP contribution is -2.15. The third kappa shape index (κ3) is 3.97. The van der Waals surface area contributed by atoms with Crippen LogP contribution in [0, 0.1) is 12.7 Å². The third-order valence-corrected chi connectivity index (χ3v) is 5.77. The van der Waals surface area contributed by atoms with Crippen molar-refractivity contribution < 1.29 is 22.3 Å². The molecule has 0 saturated carbocycles. The number of aryl methyl sites for hydroxylation is 1. The van der Waals surface area contributed by atoms with Crippen LogP contribution in [0.15, 0.2) is 41.4 Å². The van der Waals surface area contributed by atoms with Crippen molar-refractivity contribution in [1.29, 1.82) is 0 Å². The minimum absolute atomic E-state index is 0.107. The van der Waals surface area contributed by atoms with Gasteiger partial charge in [0.05, 0.1) is 18.8 Å². The van der Waals surface area contributed by atoms with Crippen LogP contribution in [0.3, 0.4) is 0 Å². The van der Waals surface area contributed by atoms with Crippen LogP contribution in [-0.4, -0.2) is 41.0 Å². The number of ether oxygens (including phenoxy) is 1. The number of benzene rings is 1. The molecule has 0 bridgehead atoms. The number of methoxy groups -OCH3 is 1. The number of halogens is 1. The van der Waals surface area contributed by atoms with Crippen LogP contribution in [0.25, 0.3) is 22.1 Å². The molecule has 4 rings (SSSR count). The van der Waals surface area contributed by atoms with E-state index in [4.69, 9.17) is 9.88 Å². The number of carbonyl (C=O) groups is 1. The summed E-state index contributed by atoms with van der Waals surface area (Å²) in [6.45, 7) is 1.97. The van der Waals surface area contributed by atoms with E-state index in [0.29, 0.717) is 33.5 Å². The first-order chi connectivity index (χ1) is 14.7. The predicted molar refractivity (Wildman–Crippen MR) is 110 cm³/mol. The molecule has 0 aliphatic carbocycles. The quantitative estimate of drug-likeness (QED) is 0.466. The molecule has 0 radical (unpaired) electrons. The normalized spacial score (nSPS) is 11.9. The van der Waals surface area contributed by atoms with Gasteiger partial charge in [0.25, 0.3) is 0 Å². The van der Waals surface area contributed by atoms with Crippen LogP contribution in [0.4, 0.5) is 4.39 Å². The Morgan fingerprint density at radius 2 is 2.00 bits per heavy atom. The van der Waals surface area contributed by atoms with Gasteiger partial charge >= 0.3 is 5.97 Å². The van der Waals surface area contributed by atoms with Crippen LogP contribution in [0.2, 0.25) is 0 Å². The van der Waals surface area contributed by atoms with E-state index in [-0.39, 0.29) is 13.0 Å². The summed E-state index contributed by atoms with van der Waals surface area (Å²) >= 11 is 0. The fourth-order valence-corrected chi connectivity index (χ4v) is 3.99. The van der Waals surface area contributed by atoms with Crippen molar-refractivity contribution in [3.63, 3.8) is 0 Å². The Bertz CT molecular complexity index is 1450. The number of primary sulfonamides is 1. The number of sulfonamides is 1. The zero-order valence-corrected chi connectivity index (χ0v) is 17.5. The highest BCUT2D eigenvalue weighted by atomic mass is 32.2. The fourth-order valence-electron chi connectivity index (χ4n) is 3.40. The zero-order chi connectivity index (χ0) is 22.3. The Morgan fingerprint density at radius 3 is 2.68 bits per heavy atom. The average molecular weight is 443 g/mol. The molecular weight excluding hydrogens is 425 g/mol. The summed E-state index contributed by atoms with van der Waals surface area (Å²) in [6, 6.07) is 7.37. The molecule has 31 heavy (non-hydrogen) atoms. The Hall–Kier alpha value is -3.44. The maximum absolute atomic E-state index is 14.4. The molecule has 0 unspecified atom stereocenters. The lowest BCUT2D eigenvalue weighted by molar-refractivity contribution is -0.139. The molecule has 0 saturated heterocycles. The summed E-state index contributed by atoms with van der Waals surface area (Å²) in [5.74, 6) is -1.05. The minimum atomic E-state index is -4.18. The molecule has 9 nitrogen and oxygen atoms in total. The van der Waals surface area contributed by atoms with Crippen LogP contribution < -0.4 is 5.14 Å². The van der Waals surface area contributed by atoms with E-state index in [1.165, 1.54) is 13.2 Å². The van der Waals surface area contributed by atoms with Gasteiger partial charge in [-0.05, 0) is 36.8 Å². The molecule has 0 fully saturated rings. The monoisotopic (exact) mass is 443 g/mol. The van der Waals surface area contributed by atoms with Gasteiger partial charge in [-0.25, -0.2) is 32.9 Å². The predicted octanol–water partition coefficient (Wildman–Crippen LogP) is 1.84. The summed E-state index contributed by atoms with van der Waals surface area (Å²) in [5.41, 5.74) is 2.97. The van der Waals surface area contributed by atoms with Gasteiger partial charge in [0, 0.05) is 17.6 Å². The molecule has 3 aromatic heterocycles. The van der Waals surface area contributed by atoms with Crippen LogP contribution >= 0.6 is 0 Å². The lowest BCUT2D eigenvalue weighted by atomic mass is 10.2. The van der Waals surface area contributed by atoms with Crippen molar-refractivity contribution in [3.05, 3.63) is 59.4 Å². The molecule has 0 spiro atoms. The summed E-state index contributed by atoms with van der Waals surface area (Å²) in [4.78, 5) is 24.6. The first-order valence-electron chi connectivity index (χ1n) is 9.17. The number of nitrogens with zero attached hydrogens (tertiary/aromatic N) is 4. The molecule has 0 atom stereocenters. The first kappa shape index (κ1) is 20.8. The molecule has 2 N–H and O–H groups in total. The number of carbonyl (C=O) groups excluding carboxylic acids is 1. The van der Waals surface area contributed by atoms with E-state index in [1.54, 1.807) is 10.8 Å². The van der Waals surface area contributed by atoms with Crippen molar-refractivity contribution in [3.8, 4) is 0 Å². The van der Waals surface area contributed by atoms with Crippen molar-refractivity contribution >= 4 is 38.1 Å². The molecule has 160 valence electrons. The maximum atomic E-state index is 14.4. The second kappa shape index (κ2) is 7.67. The molecule has 0 aliphatic heterocycles. The van der Waals surface area contributed by atoms with E-state index in [1.807, 2.05) is 19.1 Å². The number of pyridine rings is 2. The zero-order valence-electron chi connectivity index (χ0n) is 16.7. The Labute approximate surface area is 176 Å². The van der Waals surface area contributed by atoms with Crippen molar-refractivity contribution in [2.45, 2.75) is 24.8 Å². The van der Waals surface area contributed by atoms with Crippen LogP contribution in [0.5, 0.6) is 0 Å². The van der Waals surface area contributed by atoms with E-state index in [9.17, 15) is 17.6 Å². The Morgan fingerprint density at radius 1 is 1.23 bits per heavy atom. The largest absolute Gasteiger partial charge is 0.469 e. The van der Waals surface area contributed by atoms with Gasteiger partial charge in [0.2, 0.25) is 10.0 Å². The second-order valence-corrected chi connectivity index (χ2v) is 8.52. The summed E-state index contributed by atoms with van der Waals surface area (Å²) < 4.78 is 43.9. The van der Waals surface area contributed by atoms with Gasteiger partial charge in [-0.15, -0.1) is 0 Å². The average Bonchev–Trinajstić information content (AvgIpc) is 3.04. The standard InChI is InChI=1S/C20H18FN5O4S/c1-11-3-5-13-19-15(9-23-20(13)24-11)25-17(8-18(27)30-2)26(19)10-12-4-6-16(14(21)7-12)31(22,28)29/h3-7,9H,8,10H2,1-2H3,(H2,22,28,29). The summed E-state index contributed by atoms with van der Waals surface area (Å²) in [6.07, 6.45) is 1.45. The van der Waals surface area contributed by atoms with Crippen LogP contribution in [0.1, 0.15) is 17.1 Å². The second-order valence-electron chi connectivity index (χ2n) is 6.99. The third-order valence-electron chi connectivity index (χ3n) is 4.83. The number of nitrogens with two attached hydrogens (primary N) is 1. The van der Waals surface area contributed by atoms with E-state index in [2.05, 4.69) is 15.0 Å². The molecule has 0 amide bonds. The minimum Gasteiger partial charge on any atom is -0.469 e. The molecule has 1 aromatic carbocycles. The number of imidazole rings is 1. The van der Waals surface area contributed by atoms with E-state index in [0.717, 1.165) is 17.8 Å². The number of fused-ring (bicyclic) bond motifs is 3. The lowest BCUT2D eigenvalue weighted by Gasteiger charge is -2.11. The highest BCUT2D eigenvalue weighted by Gasteiger charge is 2.19. The Kier molecular flexibility index (Phi) is 5.15. The molecule has 4 aromatic rings. The molecule has 0 aliphatic rings. The highest BCUT2D eigenvalue weighted by molar-refractivity contribution is 7.89. The van der Waals surface area contributed by atoms with Crippen LogP contribution in [-0.2, 0) is 32.5 Å². The maximum Gasteiger partial charge on any atom is 0.313 e. The SMILES string of the molecule is COC(=O)Cc1nc2cnc3nc(C)ccc3c2n1Cc1ccc(S(N)(=O)=O)c(F)c1. The molecule has 3 heterocycles. The van der Waals surface area contributed by atoms with Gasteiger partial charge in [-0.2, -0.15) is 0 Å². The van der Waals surface area contributed by atoms with E-state index >= 15 is 0 Å². The van der Waals surface area contributed by atoms with Gasteiger partial charge in [0.1, 0.15) is 28.5 Å².